The quantitative estimate of drug-likeness (QED) is 0.841. The van der Waals surface area contributed by atoms with Crippen molar-refractivity contribution >= 4 is 5.91 Å². The molecule has 1 unspecified atom stereocenters. The normalized spacial score (nSPS) is 16.7. The first-order chi connectivity index (χ1) is 12.3. The number of hydrogen-bond donors (Lipinski definition) is 1. The lowest BCUT2D eigenvalue weighted by atomic mass is 10.2. The van der Waals surface area contributed by atoms with Crippen molar-refractivity contribution in [1.82, 2.24) is 4.90 Å². The van der Waals surface area contributed by atoms with E-state index in [1.54, 1.807) is 0 Å². The molecular weight excluding hydrogens is 316 g/mol. The Bertz CT molecular complexity index is 690. The molecule has 1 amide bonds. The van der Waals surface area contributed by atoms with Crippen LogP contribution in [0.1, 0.15) is 18.4 Å². The molecule has 2 N–H and O–H groups in total. The molecule has 0 bridgehead atoms. The summed E-state index contributed by atoms with van der Waals surface area (Å²) in [4.78, 5) is 14.2. The predicted octanol–water partition coefficient (Wildman–Crippen LogP) is 2.59. The minimum atomic E-state index is -0.0224. The summed E-state index contributed by atoms with van der Waals surface area (Å²) in [5.41, 5.74) is 6.81. The van der Waals surface area contributed by atoms with Gasteiger partial charge in [0, 0.05) is 19.1 Å². The average Bonchev–Trinajstić information content (AvgIpc) is 3.15. The van der Waals surface area contributed by atoms with E-state index in [2.05, 4.69) is 0 Å². The third kappa shape index (κ3) is 4.51. The van der Waals surface area contributed by atoms with E-state index in [1.165, 1.54) is 0 Å². The maximum Gasteiger partial charge on any atom is 0.260 e. The van der Waals surface area contributed by atoms with Crippen molar-refractivity contribution in [2.24, 2.45) is 5.73 Å². The number of nitrogens with two attached hydrogens (primary N) is 1. The molecule has 1 fully saturated rings. The number of carbonyl (C=O) groups is 1. The zero-order valence-electron chi connectivity index (χ0n) is 14.3. The summed E-state index contributed by atoms with van der Waals surface area (Å²) in [5.74, 6) is 1.19. The molecule has 1 aliphatic heterocycles. The van der Waals surface area contributed by atoms with Crippen molar-refractivity contribution < 1.29 is 14.3 Å². The van der Waals surface area contributed by atoms with Crippen LogP contribution < -0.4 is 15.2 Å². The Labute approximate surface area is 148 Å². The van der Waals surface area contributed by atoms with E-state index in [9.17, 15) is 4.79 Å². The lowest BCUT2D eigenvalue weighted by molar-refractivity contribution is -0.134. The molecule has 1 heterocycles. The van der Waals surface area contributed by atoms with Crippen LogP contribution in [0.5, 0.6) is 11.5 Å². The van der Waals surface area contributed by atoms with Gasteiger partial charge in [0.05, 0.1) is 0 Å². The van der Waals surface area contributed by atoms with E-state index in [4.69, 9.17) is 15.2 Å². The van der Waals surface area contributed by atoms with Crippen molar-refractivity contribution in [3.8, 4) is 11.5 Å². The Morgan fingerprint density at radius 3 is 2.44 bits per heavy atom. The van der Waals surface area contributed by atoms with Gasteiger partial charge < -0.3 is 20.1 Å². The molecule has 0 aliphatic carbocycles. The molecule has 132 valence electrons. The number of benzene rings is 2. The third-order valence-corrected chi connectivity index (χ3v) is 4.41. The molecular formula is C20H24N2O3. The minimum absolute atomic E-state index is 0.00219. The average molecular weight is 340 g/mol. The van der Waals surface area contributed by atoms with Gasteiger partial charge in [-0.15, -0.1) is 0 Å². The maximum atomic E-state index is 12.4. The summed E-state index contributed by atoms with van der Waals surface area (Å²) in [5, 5.41) is 0. The molecule has 1 aliphatic rings. The SMILES string of the molecule is NCC1CCCN1C(=O)COc1ccccc1OCc1ccccc1. The van der Waals surface area contributed by atoms with Gasteiger partial charge in [0.15, 0.2) is 18.1 Å². The van der Waals surface area contributed by atoms with Crippen LogP contribution in [0.2, 0.25) is 0 Å². The van der Waals surface area contributed by atoms with Crippen LogP contribution in [0.25, 0.3) is 0 Å². The van der Waals surface area contributed by atoms with Crippen LogP contribution in [0.15, 0.2) is 54.6 Å². The van der Waals surface area contributed by atoms with Crippen molar-refractivity contribution in [2.45, 2.75) is 25.5 Å². The van der Waals surface area contributed by atoms with Crippen molar-refractivity contribution in [3.05, 3.63) is 60.2 Å². The van der Waals surface area contributed by atoms with Crippen LogP contribution >= 0.6 is 0 Å². The van der Waals surface area contributed by atoms with Gasteiger partial charge in [-0.05, 0) is 30.5 Å². The maximum absolute atomic E-state index is 12.4. The second kappa shape index (κ2) is 8.53. The summed E-state index contributed by atoms with van der Waals surface area (Å²) in [6.45, 7) is 1.72. The number of hydrogen-bond acceptors (Lipinski definition) is 4. The van der Waals surface area contributed by atoms with Gasteiger partial charge in [-0.1, -0.05) is 42.5 Å². The standard InChI is InChI=1S/C20H24N2O3/c21-13-17-9-6-12-22(17)20(23)15-25-19-11-5-4-10-18(19)24-14-16-7-2-1-3-8-16/h1-5,7-8,10-11,17H,6,9,12-15,21H2. The number of ether oxygens (including phenoxy) is 2. The molecule has 0 radical (unpaired) electrons. The summed E-state index contributed by atoms with van der Waals surface area (Å²) in [6.07, 6.45) is 1.98. The monoisotopic (exact) mass is 340 g/mol. The Morgan fingerprint density at radius 2 is 1.72 bits per heavy atom. The Kier molecular flexibility index (Phi) is 5.90. The fourth-order valence-corrected chi connectivity index (χ4v) is 3.06. The molecule has 0 spiro atoms. The first-order valence-electron chi connectivity index (χ1n) is 8.66. The topological polar surface area (TPSA) is 64.8 Å². The Morgan fingerprint density at radius 1 is 1.04 bits per heavy atom. The highest BCUT2D eigenvalue weighted by atomic mass is 16.5. The Hall–Kier alpha value is -2.53. The molecule has 0 aromatic heterocycles. The number of rotatable bonds is 7. The van der Waals surface area contributed by atoms with E-state index in [1.807, 2.05) is 59.5 Å². The smallest absolute Gasteiger partial charge is 0.260 e. The van der Waals surface area contributed by atoms with Gasteiger partial charge >= 0.3 is 0 Å². The second-order valence-electron chi connectivity index (χ2n) is 6.13. The van der Waals surface area contributed by atoms with E-state index in [0.29, 0.717) is 24.7 Å². The summed E-state index contributed by atoms with van der Waals surface area (Å²) in [6, 6.07) is 17.5. The number of amides is 1. The highest BCUT2D eigenvalue weighted by Gasteiger charge is 2.27. The zero-order chi connectivity index (χ0) is 17.5. The first-order valence-corrected chi connectivity index (χ1v) is 8.66. The molecule has 1 atom stereocenters. The Balaban J connectivity index is 1.58. The van der Waals surface area contributed by atoms with Crippen molar-refractivity contribution in [2.75, 3.05) is 19.7 Å². The van der Waals surface area contributed by atoms with E-state index < -0.39 is 0 Å². The molecule has 5 nitrogen and oxygen atoms in total. The molecule has 25 heavy (non-hydrogen) atoms. The highest BCUT2D eigenvalue weighted by Crippen LogP contribution is 2.27. The van der Waals surface area contributed by atoms with Crippen LogP contribution in [-0.2, 0) is 11.4 Å². The van der Waals surface area contributed by atoms with Gasteiger partial charge in [-0.2, -0.15) is 0 Å². The van der Waals surface area contributed by atoms with Crippen LogP contribution in [-0.4, -0.2) is 36.5 Å². The highest BCUT2D eigenvalue weighted by molar-refractivity contribution is 5.78. The third-order valence-electron chi connectivity index (χ3n) is 4.41. The van der Waals surface area contributed by atoms with Crippen LogP contribution in [0.4, 0.5) is 0 Å². The van der Waals surface area contributed by atoms with Gasteiger partial charge in [-0.3, -0.25) is 4.79 Å². The van der Waals surface area contributed by atoms with E-state index in [-0.39, 0.29) is 18.6 Å². The van der Waals surface area contributed by atoms with Gasteiger partial charge in [0.25, 0.3) is 5.91 Å². The van der Waals surface area contributed by atoms with E-state index >= 15 is 0 Å². The predicted molar refractivity (Wildman–Crippen MR) is 96.5 cm³/mol. The van der Waals surface area contributed by atoms with Gasteiger partial charge in [0.1, 0.15) is 6.61 Å². The van der Waals surface area contributed by atoms with E-state index in [0.717, 1.165) is 24.9 Å². The lowest BCUT2D eigenvalue weighted by Crippen LogP contribution is -2.42. The van der Waals surface area contributed by atoms with Crippen LogP contribution in [0.3, 0.4) is 0 Å². The molecule has 3 rings (SSSR count). The fourth-order valence-electron chi connectivity index (χ4n) is 3.06. The molecule has 5 heteroatoms. The summed E-state index contributed by atoms with van der Waals surface area (Å²) in [7, 11) is 0. The number of para-hydroxylation sites is 2. The van der Waals surface area contributed by atoms with Crippen LogP contribution in [0, 0.1) is 0 Å². The van der Waals surface area contributed by atoms with Crippen molar-refractivity contribution in [1.29, 1.82) is 0 Å². The molecule has 2 aromatic rings. The number of nitrogens with zero attached hydrogens (tertiary/aromatic N) is 1. The fraction of sp³-hybridized carbons (Fsp3) is 0.350. The number of carbonyl (C=O) groups excluding carboxylic acids is 1. The summed E-state index contributed by atoms with van der Waals surface area (Å²) >= 11 is 0. The number of likely N-dealkylation sites (tertiary alicyclic amines) is 1. The zero-order valence-corrected chi connectivity index (χ0v) is 14.3. The first kappa shape index (κ1) is 17.3. The molecule has 0 saturated carbocycles. The second-order valence-corrected chi connectivity index (χ2v) is 6.13. The summed E-state index contributed by atoms with van der Waals surface area (Å²) < 4.78 is 11.6. The van der Waals surface area contributed by atoms with Crippen molar-refractivity contribution in [3.63, 3.8) is 0 Å². The van der Waals surface area contributed by atoms with Gasteiger partial charge in [0.2, 0.25) is 0 Å². The minimum Gasteiger partial charge on any atom is -0.485 e. The molecule has 1 saturated heterocycles. The lowest BCUT2D eigenvalue weighted by Gasteiger charge is -2.23. The molecule has 2 aromatic carbocycles. The van der Waals surface area contributed by atoms with Gasteiger partial charge in [-0.25, -0.2) is 0 Å². The largest absolute Gasteiger partial charge is 0.485 e.